The summed E-state index contributed by atoms with van der Waals surface area (Å²) in [6.07, 6.45) is 0. The van der Waals surface area contributed by atoms with E-state index >= 15 is 0 Å². The standard InChI is InChI=1S/C23H17BrN2O3/c1-13-3-4-14(2)20(11-13)26-22(28)18-10-5-15(12-19(18)23(26)29)21(27)25-17-8-6-16(24)7-9-17/h3-12H,1-2H3,(H,25,27). The Labute approximate surface area is 176 Å². The smallest absolute Gasteiger partial charge is 0.266 e. The van der Waals surface area contributed by atoms with Crippen molar-refractivity contribution < 1.29 is 14.4 Å². The average molecular weight is 449 g/mol. The van der Waals surface area contributed by atoms with Crippen molar-refractivity contribution >= 4 is 45.0 Å². The van der Waals surface area contributed by atoms with Crippen LogP contribution in [-0.4, -0.2) is 17.7 Å². The number of amides is 3. The highest BCUT2D eigenvalue weighted by molar-refractivity contribution is 9.10. The van der Waals surface area contributed by atoms with Crippen LogP contribution in [0.2, 0.25) is 0 Å². The quantitative estimate of drug-likeness (QED) is 0.565. The van der Waals surface area contributed by atoms with Gasteiger partial charge in [-0.3, -0.25) is 14.4 Å². The van der Waals surface area contributed by atoms with Gasteiger partial charge in [0.25, 0.3) is 17.7 Å². The number of hydrogen-bond donors (Lipinski definition) is 1. The molecule has 3 aromatic rings. The zero-order valence-corrected chi connectivity index (χ0v) is 17.4. The van der Waals surface area contributed by atoms with Gasteiger partial charge in [-0.2, -0.15) is 0 Å². The Morgan fingerprint density at radius 1 is 0.862 bits per heavy atom. The molecule has 1 aliphatic rings. The molecule has 3 amide bonds. The molecule has 4 rings (SSSR count). The normalized spacial score (nSPS) is 12.9. The number of imide groups is 1. The number of rotatable bonds is 3. The number of nitrogens with zero attached hydrogens (tertiary/aromatic N) is 1. The Hall–Kier alpha value is -3.25. The highest BCUT2D eigenvalue weighted by Gasteiger charge is 2.37. The molecule has 29 heavy (non-hydrogen) atoms. The summed E-state index contributed by atoms with van der Waals surface area (Å²) in [5.41, 5.74) is 3.84. The molecule has 1 heterocycles. The molecule has 0 saturated carbocycles. The maximum atomic E-state index is 13.0. The van der Waals surface area contributed by atoms with Crippen molar-refractivity contribution in [2.45, 2.75) is 13.8 Å². The van der Waals surface area contributed by atoms with E-state index in [-0.39, 0.29) is 17.4 Å². The second-order valence-corrected chi connectivity index (χ2v) is 7.87. The van der Waals surface area contributed by atoms with Crippen molar-refractivity contribution in [1.82, 2.24) is 0 Å². The lowest BCUT2D eigenvalue weighted by atomic mass is 10.1. The van der Waals surface area contributed by atoms with E-state index < -0.39 is 5.91 Å². The molecule has 6 heteroatoms. The number of benzene rings is 3. The number of anilines is 2. The van der Waals surface area contributed by atoms with Crippen LogP contribution in [0.25, 0.3) is 0 Å². The SMILES string of the molecule is Cc1ccc(C)c(N2C(=O)c3ccc(C(=O)Nc4ccc(Br)cc4)cc3C2=O)c1. The highest BCUT2D eigenvalue weighted by atomic mass is 79.9. The van der Waals surface area contributed by atoms with Crippen LogP contribution in [0.3, 0.4) is 0 Å². The number of aryl methyl sites for hydroxylation is 2. The Kier molecular flexibility index (Phi) is 4.80. The molecule has 0 aliphatic carbocycles. The van der Waals surface area contributed by atoms with Crippen LogP contribution in [0.5, 0.6) is 0 Å². The van der Waals surface area contributed by atoms with Crippen molar-refractivity contribution in [3.63, 3.8) is 0 Å². The zero-order valence-electron chi connectivity index (χ0n) is 15.8. The third-order valence-electron chi connectivity index (χ3n) is 4.86. The molecule has 0 aromatic heterocycles. The second-order valence-electron chi connectivity index (χ2n) is 6.96. The molecule has 144 valence electrons. The molecule has 3 aromatic carbocycles. The van der Waals surface area contributed by atoms with Gasteiger partial charge in [0.1, 0.15) is 0 Å². The molecule has 0 spiro atoms. The summed E-state index contributed by atoms with van der Waals surface area (Å²) < 4.78 is 0.906. The van der Waals surface area contributed by atoms with E-state index in [1.54, 1.807) is 18.2 Å². The van der Waals surface area contributed by atoms with Crippen LogP contribution in [0.15, 0.2) is 65.1 Å². The first-order valence-electron chi connectivity index (χ1n) is 9.02. The third kappa shape index (κ3) is 3.47. The predicted octanol–water partition coefficient (Wildman–Crippen LogP) is 5.12. The molecule has 0 saturated heterocycles. The summed E-state index contributed by atoms with van der Waals surface area (Å²) in [7, 11) is 0. The Bertz CT molecular complexity index is 1170. The number of carbonyl (C=O) groups excluding carboxylic acids is 3. The monoisotopic (exact) mass is 448 g/mol. The fourth-order valence-electron chi connectivity index (χ4n) is 3.30. The summed E-state index contributed by atoms with van der Waals surface area (Å²) >= 11 is 3.35. The Balaban J connectivity index is 1.65. The summed E-state index contributed by atoms with van der Waals surface area (Å²) in [5.74, 6) is -1.14. The number of fused-ring (bicyclic) bond motifs is 1. The van der Waals surface area contributed by atoms with Crippen molar-refractivity contribution in [3.05, 3.63) is 93.0 Å². The Morgan fingerprint density at radius 3 is 2.28 bits per heavy atom. The molecule has 0 radical (unpaired) electrons. The lowest BCUT2D eigenvalue weighted by Crippen LogP contribution is -2.30. The fraction of sp³-hybridized carbons (Fsp3) is 0.0870. The first-order valence-corrected chi connectivity index (χ1v) is 9.81. The number of hydrogen-bond acceptors (Lipinski definition) is 3. The van der Waals surface area contributed by atoms with E-state index in [0.29, 0.717) is 22.5 Å². The van der Waals surface area contributed by atoms with Gasteiger partial charge in [-0.1, -0.05) is 28.1 Å². The van der Waals surface area contributed by atoms with Crippen molar-refractivity contribution in [2.75, 3.05) is 10.2 Å². The van der Waals surface area contributed by atoms with Gasteiger partial charge in [0.2, 0.25) is 0 Å². The third-order valence-corrected chi connectivity index (χ3v) is 5.39. The number of halogens is 1. The number of carbonyl (C=O) groups is 3. The molecule has 0 fully saturated rings. The van der Waals surface area contributed by atoms with Crippen molar-refractivity contribution in [3.8, 4) is 0 Å². The minimum Gasteiger partial charge on any atom is -0.322 e. The van der Waals surface area contributed by atoms with Gasteiger partial charge in [-0.05, 0) is 73.5 Å². The minimum absolute atomic E-state index is 0.236. The first kappa shape index (κ1) is 19.1. The molecule has 0 bridgehead atoms. The molecular weight excluding hydrogens is 432 g/mol. The highest BCUT2D eigenvalue weighted by Crippen LogP contribution is 2.32. The van der Waals surface area contributed by atoms with Crippen LogP contribution in [0.4, 0.5) is 11.4 Å². The maximum absolute atomic E-state index is 13.0. The topological polar surface area (TPSA) is 66.5 Å². The predicted molar refractivity (Wildman–Crippen MR) is 116 cm³/mol. The second kappa shape index (κ2) is 7.29. The van der Waals surface area contributed by atoms with Crippen LogP contribution in [-0.2, 0) is 0 Å². The van der Waals surface area contributed by atoms with E-state index in [2.05, 4.69) is 21.2 Å². The van der Waals surface area contributed by atoms with Gasteiger partial charge < -0.3 is 5.32 Å². The molecule has 0 unspecified atom stereocenters. The van der Waals surface area contributed by atoms with E-state index in [4.69, 9.17) is 0 Å². The molecule has 1 N–H and O–H groups in total. The summed E-state index contributed by atoms with van der Waals surface area (Å²) in [4.78, 5) is 39.7. The van der Waals surface area contributed by atoms with E-state index in [0.717, 1.165) is 15.6 Å². The lowest BCUT2D eigenvalue weighted by Gasteiger charge is -2.17. The molecular formula is C23H17BrN2O3. The summed E-state index contributed by atoms with van der Waals surface area (Å²) in [5, 5.41) is 2.79. The van der Waals surface area contributed by atoms with Gasteiger partial charge in [0.15, 0.2) is 0 Å². The molecule has 5 nitrogen and oxygen atoms in total. The largest absolute Gasteiger partial charge is 0.322 e. The average Bonchev–Trinajstić information content (AvgIpc) is 2.95. The van der Waals surface area contributed by atoms with Gasteiger partial charge in [0, 0.05) is 15.7 Å². The van der Waals surface area contributed by atoms with Crippen LogP contribution >= 0.6 is 15.9 Å². The van der Waals surface area contributed by atoms with E-state index in [1.807, 2.05) is 44.2 Å². The zero-order chi connectivity index (χ0) is 20.7. The summed E-state index contributed by atoms with van der Waals surface area (Å²) in [6.45, 7) is 3.76. The van der Waals surface area contributed by atoms with E-state index in [1.165, 1.54) is 17.0 Å². The van der Waals surface area contributed by atoms with Crippen molar-refractivity contribution in [2.24, 2.45) is 0 Å². The molecule has 0 atom stereocenters. The van der Waals surface area contributed by atoms with Gasteiger partial charge in [-0.15, -0.1) is 0 Å². The van der Waals surface area contributed by atoms with Crippen LogP contribution < -0.4 is 10.2 Å². The van der Waals surface area contributed by atoms with Gasteiger partial charge in [-0.25, -0.2) is 4.90 Å². The number of nitrogens with one attached hydrogen (secondary N) is 1. The Morgan fingerprint density at radius 2 is 1.55 bits per heavy atom. The maximum Gasteiger partial charge on any atom is 0.266 e. The van der Waals surface area contributed by atoms with Crippen molar-refractivity contribution in [1.29, 1.82) is 0 Å². The fourth-order valence-corrected chi connectivity index (χ4v) is 3.56. The van der Waals surface area contributed by atoms with Crippen LogP contribution in [0.1, 0.15) is 42.2 Å². The van der Waals surface area contributed by atoms with Gasteiger partial charge in [0.05, 0.1) is 16.8 Å². The molecule has 1 aliphatic heterocycles. The van der Waals surface area contributed by atoms with E-state index in [9.17, 15) is 14.4 Å². The summed E-state index contributed by atoms with van der Waals surface area (Å²) in [6, 6.07) is 17.4. The lowest BCUT2D eigenvalue weighted by molar-refractivity contribution is 0.0925. The van der Waals surface area contributed by atoms with Gasteiger partial charge >= 0.3 is 0 Å². The first-order chi connectivity index (χ1) is 13.8. The minimum atomic E-state index is -0.419. The van der Waals surface area contributed by atoms with Crippen LogP contribution in [0, 0.1) is 13.8 Å².